The Balaban J connectivity index is 1.19. The van der Waals surface area contributed by atoms with Gasteiger partial charge in [0, 0.05) is 36.6 Å². The van der Waals surface area contributed by atoms with Crippen molar-refractivity contribution < 1.29 is 18.7 Å². The van der Waals surface area contributed by atoms with Gasteiger partial charge in [0.1, 0.15) is 28.7 Å². The van der Waals surface area contributed by atoms with Crippen molar-refractivity contribution in [3.63, 3.8) is 0 Å². The number of imidazole rings is 1. The van der Waals surface area contributed by atoms with Crippen molar-refractivity contribution in [2.75, 3.05) is 14.1 Å². The highest BCUT2D eigenvalue weighted by atomic mass is 19.1. The van der Waals surface area contributed by atoms with Crippen molar-refractivity contribution in [2.45, 2.75) is 44.3 Å². The van der Waals surface area contributed by atoms with Crippen LogP contribution in [0.15, 0.2) is 88.8 Å². The van der Waals surface area contributed by atoms with E-state index in [1.165, 1.54) is 38.1 Å². The van der Waals surface area contributed by atoms with Crippen LogP contribution < -0.4 is 16.6 Å². The SMILES string of the molecule is CN(C)Cc1ccc(-c2cccc(-n3c(=O)n([C@H]4CC[C@@H](NC(=O)c5cn6cc(F)ccc6n5)CC4)c(=O)c4cc(F)cnc43)c2)c(O)c1. The molecule has 13 heteroatoms. The summed E-state index contributed by atoms with van der Waals surface area (Å²) in [4.78, 5) is 51.4. The number of rotatable bonds is 7. The minimum Gasteiger partial charge on any atom is -0.507 e. The average Bonchev–Trinajstić information content (AvgIpc) is 3.49. The van der Waals surface area contributed by atoms with Crippen molar-refractivity contribution in [3.05, 3.63) is 123 Å². The Labute approximate surface area is 278 Å². The maximum Gasteiger partial charge on any atom is 0.337 e. The molecule has 1 saturated carbocycles. The van der Waals surface area contributed by atoms with E-state index in [-0.39, 0.29) is 28.5 Å². The fourth-order valence-corrected chi connectivity index (χ4v) is 6.65. The van der Waals surface area contributed by atoms with Gasteiger partial charge in [0.15, 0.2) is 5.65 Å². The molecule has 0 radical (unpaired) electrons. The average molecular weight is 666 g/mol. The van der Waals surface area contributed by atoms with E-state index in [4.69, 9.17) is 0 Å². The quantitative estimate of drug-likeness (QED) is 0.250. The molecule has 49 heavy (non-hydrogen) atoms. The van der Waals surface area contributed by atoms with Gasteiger partial charge in [-0.2, -0.15) is 0 Å². The zero-order valence-electron chi connectivity index (χ0n) is 26.8. The number of aromatic nitrogens is 5. The number of hydrogen-bond donors (Lipinski definition) is 2. The molecule has 1 aliphatic rings. The molecular weight excluding hydrogens is 632 g/mol. The summed E-state index contributed by atoms with van der Waals surface area (Å²) in [7, 11) is 3.88. The number of fused-ring (bicyclic) bond motifs is 2. The number of pyridine rings is 2. The Hall–Kier alpha value is -5.69. The van der Waals surface area contributed by atoms with E-state index in [0.29, 0.717) is 54.7 Å². The first kappa shape index (κ1) is 31.9. The normalized spacial score (nSPS) is 16.4. The number of nitrogens with zero attached hydrogens (tertiary/aromatic N) is 6. The molecule has 2 N–H and O–H groups in total. The highest BCUT2D eigenvalue weighted by molar-refractivity contribution is 5.93. The number of carbonyl (C=O) groups is 1. The number of phenols is 1. The van der Waals surface area contributed by atoms with E-state index in [0.717, 1.165) is 17.8 Å². The van der Waals surface area contributed by atoms with Crippen LogP contribution in [-0.2, 0) is 6.54 Å². The summed E-state index contributed by atoms with van der Waals surface area (Å²) in [6.45, 7) is 0.650. The molecule has 250 valence electrons. The van der Waals surface area contributed by atoms with Gasteiger partial charge >= 0.3 is 5.69 Å². The Morgan fingerprint density at radius 2 is 1.78 bits per heavy atom. The van der Waals surface area contributed by atoms with E-state index in [9.17, 15) is 28.3 Å². The third-order valence-corrected chi connectivity index (χ3v) is 8.91. The summed E-state index contributed by atoms with van der Waals surface area (Å²) in [5.41, 5.74) is 1.87. The van der Waals surface area contributed by atoms with E-state index < -0.39 is 34.8 Å². The number of carbonyl (C=O) groups excluding carboxylic acids is 1. The van der Waals surface area contributed by atoms with Gasteiger partial charge in [-0.25, -0.2) is 28.1 Å². The highest BCUT2D eigenvalue weighted by Gasteiger charge is 2.29. The number of amides is 1. The smallest absolute Gasteiger partial charge is 0.337 e. The predicted molar refractivity (Wildman–Crippen MR) is 180 cm³/mol. The molecule has 6 aromatic rings. The lowest BCUT2D eigenvalue weighted by Gasteiger charge is -2.30. The topological polar surface area (TPSA) is 127 Å². The Bertz CT molecular complexity index is 2360. The van der Waals surface area contributed by atoms with Gasteiger partial charge in [-0.15, -0.1) is 0 Å². The molecule has 1 fully saturated rings. The van der Waals surface area contributed by atoms with Crippen molar-refractivity contribution in [1.82, 2.24) is 33.7 Å². The Morgan fingerprint density at radius 3 is 2.53 bits per heavy atom. The first-order valence-electron chi connectivity index (χ1n) is 15.9. The minimum absolute atomic E-state index is 0.0173. The Morgan fingerprint density at radius 1 is 0.980 bits per heavy atom. The minimum atomic E-state index is -0.709. The van der Waals surface area contributed by atoms with Crippen LogP contribution >= 0.6 is 0 Å². The Kier molecular flexibility index (Phi) is 8.28. The lowest BCUT2D eigenvalue weighted by molar-refractivity contribution is 0.0917. The summed E-state index contributed by atoms with van der Waals surface area (Å²) in [6, 6.07) is 15.5. The summed E-state index contributed by atoms with van der Waals surface area (Å²) in [5, 5.41) is 13.8. The van der Waals surface area contributed by atoms with Crippen molar-refractivity contribution in [2.24, 2.45) is 0 Å². The van der Waals surface area contributed by atoms with Crippen LogP contribution in [0.2, 0.25) is 0 Å². The number of nitrogens with one attached hydrogen (secondary N) is 1. The van der Waals surface area contributed by atoms with Crippen LogP contribution in [0.4, 0.5) is 8.78 Å². The number of phenolic OH excluding ortho intramolecular Hbond substituents is 1. The highest BCUT2D eigenvalue weighted by Crippen LogP contribution is 2.32. The summed E-state index contributed by atoms with van der Waals surface area (Å²) >= 11 is 0. The molecule has 0 aliphatic heterocycles. The number of aromatic hydroxyl groups is 1. The van der Waals surface area contributed by atoms with Crippen LogP contribution in [-0.4, -0.2) is 59.6 Å². The largest absolute Gasteiger partial charge is 0.507 e. The van der Waals surface area contributed by atoms with Gasteiger partial charge in [-0.1, -0.05) is 24.3 Å². The van der Waals surface area contributed by atoms with Gasteiger partial charge in [0.25, 0.3) is 11.5 Å². The van der Waals surface area contributed by atoms with Gasteiger partial charge in [0.05, 0.1) is 17.3 Å². The van der Waals surface area contributed by atoms with Crippen molar-refractivity contribution in [3.8, 4) is 22.6 Å². The molecule has 1 amide bonds. The standard InChI is InChI=1S/C36H33F2N7O4/c1-42(2)18-21-6-12-28(31(46)14-21)22-4-3-5-27(15-22)44-33-29(16-24(38)17-39-33)35(48)45(36(44)49)26-10-8-25(9-11-26)40-34(47)30-20-43-19-23(37)7-13-32(43)41-30/h3-7,12-17,19-20,25-26,46H,8-11,18H2,1-2H3,(H,40,47)/t25-,26+. The van der Waals surface area contributed by atoms with E-state index >= 15 is 0 Å². The summed E-state index contributed by atoms with van der Waals surface area (Å²) in [5.74, 6) is -1.48. The molecule has 11 nitrogen and oxygen atoms in total. The third-order valence-electron chi connectivity index (χ3n) is 8.91. The maximum atomic E-state index is 14.5. The molecule has 2 aromatic carbocycles. The first-order chi connectivity index (χ1) is 23.5. The molecule has 7 rings (SSSR count). The zero-order chi connectivity index (χ0) is 34.4. The van der Waals surface area contributed by atoms with Crippen LogP contribution in [0.1, 0.15) is 47.8 Å². The van der Waals surface area contributed by atoms with Crippen LogP contribution in [0.3, 0.4) is 0 Å². The van der Waals surface area contributed by atoms with Crippen LogP contribution in [0.25, 0.3) is 33.5 Å². The summed E-state index contributed by atoms with van der Waals surface area (Å²) < 4.78 is 32.0. The first-order valence-corrected chi connectivity index (χ1v) is 15.9. The number of benzene rings is 2. The molecule has 1 aliphatic carbocycles. The predicted octanol–water partition coefficient (Wildman–Crippen LogP) is 4.82. The van der Waals surface area contributed by atoms with Crippen LogP contribution in [0, 0.1) is 11.6 Å². The second kappa shape index (κ2) is 12.7. The van der Waals surface area contributed by atoms with Gasteiger partial charge in [-0.3, -0.25) is 14.2 Å². The molecule has 0 unspecified atom stereocenters. The third kappa shape index (κ3) is 6.20. The molecule has 0 spiro atoms. The van der Waals surface area contributed by atoms with E-state index in [2.05, 4.69) is 15.3 Å². The zero-order valence-corrected chi connectivity index (χ0v) is 26.8. The lowest BCUT2D eigenvalue weighted by Crippen LogP contribution is -2.45. The fourth-order valence-electron chi connectivity index (χ4n) is 6.65. The van der Waals surface area contributed by atoms with Crippen LogP contribution in [0.5, 0.6) is 5.75 Å². The molecular formula is C36H33F2N7O4. The number of halogens is 2. The second-order valence-corrected chi connectivity index (χ2v) is 12.7. The summed E-state index contributed by atoms with van der Waals surface area (Å²) in [6.07, 6.45) is 5.42. The molecule has 0 atom stereocenters. The molecule has 4 aromatic heterocycles. The second-order valence-electron chi connectivity index (χ2n) is 12.7. The van der Waals surface area contributed by atoms with Gasteiger partial charge < -0.3 is 19.7 Å². The molecule has 4 heterocycles. The van der Waals surface area contributed by atoms with Crippen molar-refractivity contribution in [1.29, 1.82) is 0 Å². The maximum absolute atomic E-state index is 14.5. The fraction of sp³-hybridized carbons (Fsp3) is 0.250. The molecule has 0 saturated heterocycles. The van der Waals surface area contributed by atoms with E-state index in [1.54, 1.807) is 30.3 Å². The van der Waals surface area contributed by atoms with Gasteiger partial charge in [-0.05, 0) is 87.3 Å². The molecule has 0 bridgehead atoms. The number of hydrogen-bond acceptors (Lipinski definition) is 7. The van der Waals surface area contributed by atoms with Crippen molar-refractivity contribution >= 4 is 22.6 Å². The van der Waals surface area contributed by atoms with Gasteiger partial charge in [0.2, 0.25) is 0 Å². The van der Waals surface area contributed by atoms with E-state index in [1.807, 2.05) is 31.1 Å². The monoisotopic (exact) mass is 665 g/mol. The lowest BCUT2D eigenvalue weighted by atomic mass is 9.90.